The first-order chi connectivity index (χ1) is 14.7. The molecule has 2 N–H and O–H groups in total. The van der Waals surface area contributed by atoms with Crippen LogP contribution in [0.15, 0.2) is 71.6 Å². The molecule has 0 fully saturated rings. The van der Waals surface area contributed by atoms with E-state index in [-0.39, 0.29) is 10.8 Å². The lowest BCUT2D eigenvalue weighted by molar-refractivity contribution is 0.0947. The van der Waals surface area contributed by atoms with Crippen LogP contribution in [0.5, 0.6) is 5.75 Å². The van der Waals surface area contributed by atoms with Crippen molar-refractivity contribution in [2.75, 3.05) is 17.9 Å². The van der Waals surface area contributed by atoms with Crippen LogP contribution in [-0.4, -0.2) is 27.5 Å². The second-order valence-corrected chi connectivity index (χ2v) is 9.03. The highest BCUT2D eigenvalue weighted by Crippen LogP contribution is 2.19. The normalized spacial score (nSPS) is 11.1. The van der Waals surface area contributed by atoms with Crippen LogP contribution in [0.25, 0.3) is 0 Å². The van der Waals surface area contributed by atoms with Crippen LogP contribution in [0.1, 0.15) is 27.0 Å². The first kappa shape index (κ1) is 22.4. The highest BCUT2D eigenvalue weighted by atomic mass is 32.2. The number of ether oxygens (including phenoxy) is 1. The van der Waals surface area contributed by atoms with E-state index in [4.69, 9.17) is 4.74 Å². The van der Waals surface area contributed by atoms with Crippen molar-refractivity contribution in [3.05, 3.63) is 89.0 Å². The van der Waals surface area contributed by atoms with E-state index < -0.39 is 10.0 Å². The number of sulfonamides is 1. The highest BCUT2D eigenvalue weighted by molar-refractivity contribution is 7.92. The van der Waals surface area contributed by atoms with Crippen molar-refractivity contribution < 1.29 is 17.9 Å². The molecule has 6 nitrogen and oxygen atoms in total. The lowest BCUT2D eigenvalue weighted by Gasteiger charge is -2.11. The minimum atomic E-state index is -3.70. The number of anilines is 1. The monoisotopic (exact) mass is 438 g/mol. The van der Waals surface area contributed by atoms with E-state index in [1.54, 1.807) is 42.5 Å². The van der Waals surface area contributed by atoms with E-state index in [1.807, 2.05) is 45.0 Å². The number of benzene rings is 3. The van der Waals surface area contributed by atoms with Crippen LogP contribution < -0.4 is 14.8 Å². The van der Waals surface area contributed by atoms with Crippen LogP contribution in [0.2, 0.25) is 0 Å². The van der Waals surface area contributed by atoms with Crippen molar-refractivity contribution in [1.29, 1.82) is 0 Å². The number of amides is 1. The SMILES string of the molecule is Cc1ccc(OCCNC(=O)c2ccc(NS(=O)(=O)c3ccc(C)c(C)c3)cc2)cc1. The molecule has 0 spiro atoms. The molecule has 1 amide bonds. The average molecular weight is 439 g/mol. The fourth-order valence-corrected chi connectivity index (χ4v) is 4.00. The summed E-state index contributed by atoms with van der Waals surface area (Å²) in [4.78, 5) is 12.5. The topological polar surface area (TPSA) is 84.5 Å². The largest absolute Gasteiger partial charge is 0.492 e. The molecule has 0 atom stereocenters. The van der Waals surface area contributed by atoms with Gasteiger partial charge in [-0.1, -0.05) is 23.8 Å². The summed E-state index contributed by atoms with van der Waals surface area (Å²) in [6.45, 7) is 6.51. The predicted octanol–water partition coefficient (Wildman–Crippen LogP) is 4.22. The molecule has 0 radical (unpaired) electrons. The molecule has 0 aliphatic rings. The third-order valence-electron chi connectivity index (χ3n) is 4.87. The number of hydrogen-bond donors (Lipinski definition) is 2. The number of hydrogen-bond acceptors (Lipinski definition) is 4. The van der Waals surface area contributed by atoms with Gasteiger partial charge in [-0.15, -0.1) is 0 Å². The molecule has 0 heterocycles. The van der Waals surface area contributed by atoms with Gasteiger partial charge in [0.25, 0.3) is 15.9 Å². The Bertz CT molecular complexity index is 1160. The van der Waals surface area contributed by atoms with Crippen LogP contribution >= 0.6 is 0 Å². The summed E-state index contributed by atoms with van der Waals surface area (Å²) in [5.41, 5.74) is 3.90. The fraction of sp³-hybridized carbons (Fsp3) is 0.208. The molecule has 0 bridgehead atoms. The second kappa shape index (κ2) is 9.66. The van der Waals surface area contributed by atoms with Gasteiger partial charge in [0.15, 0.2) is 0 Å². The minimum Gasteiger partial charge on any atom is -0.492 e. The van der Waals surface area contributed by atoms with Gasteiger partial charge in [-0.05, 0) is 80.4 Å². The molecule has 3 rings (SSSR count). The van der Waals surface area contributed by atoms with Crippen molar-refractivity contribution in [3.8, 4) is 5.75 Å². The van der Waals surface area contributed by atoms with Gasteiger partial charge < -0.3 is 10.1 Å². The Hall–Kier alpha value is -3.32. The van der Waals surface area contributed by atoms with Crippen molar-refractivity contribution in [2.45, 2.75) is 25.7 Å². The molecule has 3 aromatic carbocycles. The minimum absolute atomic E-state index is 0.200. The number of aryl methyl sites for hydroxylation is 3. The Kier molecular flexibility index (Phi) is 6.97. The summed E-state index contributed by atoms with van der Waals surface area (Å²) in [5.74, 6) is 0.497. The summed E-state index contributed by atoms with van der Waals surface area (Å²) in [6.07, 6.45) is 0. The zero-order chi connectivity index (χ0) is 22.4. The molecule has 0 saturated heterocycles. The summed E-state index contributed by atoms with van der Waals surface area (Å²) < 4.78 is 33.3. The molecular weight excluding hydrogens is 412 g/mol. The van der Waals surface area contributed by atoms with Gasteiger partial charge in [-0.2, -0.15) is 0 Å². The molecule has 0 saturated carbocycles. The number of rotatable bonds is 8. The smallest absolute Gasteiger partial charge is 0.261 e. The maximum Gasteiger partial charge on any atom is 0.261 e. The highest BCUT2D eigenvalue weighted by Gasteiger charge is 2.15. The van der Waals surface area contributed by atoms with E-state index in [0.717, 1.165) is 22.4 Å². The number of nitrogens with one attached hydrogen (secondary N) is 2. The van der Waals surface area contributed by atoms with Crippen molar-refractivity contribution in [1.82, 2.24) is 5.32 Å². The van der Waals surface area contributed by atoms with Crippen LogP contribution in [0.3, 0.4) is 0 Å². The molecule has 7 heteroatoms. The summed E-state index contributed by atoms with van der Waals surface area (Å²) in [7, 11) is -3.70. The summed E-state index contributed by atoms with van der Waals surface area (Å²) >= 11 is 0. The quantitative estimate of drug-likeness (QED) is 0.516. The molecule has 3 aromatic rings. The molecule has 162 valence electrons. The molecule has 0 aliphatic carbocycles. The molecule has 31 heavy (non-hydrogen) atoms. The fourth-order valence-electron chi connectivity index (χ4n) is 2.85. The Labute approximate surface area is 183 Å². The first-order valence-electron chi connectivity index (χ1n) is 9.92. The predicted molar refractivity (Wildman–Crippen MR) is 122 cm³/mol. The first-order valence-corrected chi connectivity index (χ1v) is 11.4. The second-order valence-electron chi connectivity index (χ2n) is 7.35. The van der Waals surface area contributed by atoms with E-state index in [1.165, 1.54) is 0 Å². The van der Waals surface area contributed by atoms with Gasteiger partial charge in [0.2, 0.25) is 0 Å². The Balaban J connectivity index is 1.53. The van der Waals surface area contributed by atoms with Crippen molar-refractivity contribution in [3.63, 3.8) is 0 Å². The van der Waals surface area contributed by atoms with Crippen LogP contribution in [0, 0.1) is 20.8 Å². The molecule has 0 unspecified atom stereocenters. The van der Waals surface area contributed by atoms with E-state index in [0.29, 0.717) is 24.4 Å². The summed E-state index contributed by atoms with van der Waals surface area (Å²) in [5, 5.41) is 2.78. The number of carbonyl (C=O) groups excluding carboxylic acids is 1. The lowest BCUT2D eigenvalue weighted by Crippen LogP contribution is -2.28. The van der Waals surface area contributed by atoms with Crippen molar-refractivity contribution in [2.24, 2.45) is 0 Å². The van der Waals surface area contributed by atoms with E-state index >= 15 is 0 Å². The Morgan fingerprint density at radius 3 is 2.19 bits per heavy atom. The Morgan fingerprint density at radius 2 is 1.55 bits per heavy atom. The summed E-state index contributed by atoms with van der Waals surface area (Å²) in [6, 6.07) is 19.0. The van der Waals surface area contributed by atoms with Gasteiger partial charge in [-0.3, -0.25) is 9.52 Å². The van der Waals surface area contributed by atoms with E-state index in [2.05, 4.69) is 10.0 Å². The van der Waals surface area contributed by atoms with Gasteiger partial charge in [0, 0.05) is 11.3 Å². The maximum atomic E-state index is 12.6. The molecule has 0 aromatic heterocycles. The molecular formula is C24H26N2O4S. The average Bonchev–Trinajstić information content (AvgIpc) is 2.74. The third kappa shape index (κ3) is 6.08. The lowest BCUT2D eigenvalue weighted by atomic mass is 10.1. The Morgan fingerprint density at radius 1 is 0.871 bits per heavy atom. The van der Waals surface area contributed by atoms with E-state index in [9.17, 15) is 13.2 Å². The van der Waals surface area contributed by atoms with Gasteiger partial charge in [0.05, 0.1) is 11.4 Å². The standard InChI is InChI=1S/C24H26N2O4S/c1-17-4-11-22(12-5-17)30-15-14-25-24(27)20-7-9-21(10-8-20)26-31(28,29)23-13-6-18(2)19(3)16-23/h4-13,16,26H,14-15H2,1-3H3,(H,25,27). The van der Waals surface area contributed by atoms with Gasteiger partial charge in [0.1, 0.15) is 12.4 Å². The van der Waals surface area contributed by atoms with Crippen LogP contribution in [-0.2, 0) is 10.0 Å². The van der Waals surface area contributed by atoms with Gasteiger partial charge >= 0.3 is 0 Å². The van der Waals surface area contributed by atoms with Crippen molar-refractivity contribution >= 4 is 21.6 Å². The number of carbonyl (C=O) groups is 1. The zero-order valence-corrected chi connectivity index (χ0v) is 18.6. The van der Waals surface area contributed by atoms with Gasteiger partial charge in [-0.25, -0.2) is 8.42 Å². The van der Waals surface area contributed by atoms with Crippen LogP contribution in [0.4, 0.5) is 5.69 Å². The maximum absolute atomic E-state index is 12.6. The third-order valence-corrected chi connectivity index (χ3v) is 6.24. The zero-order valence-electron chi connectivity index (χ0n) is 17.8. The molecule has 0 aliphatic heterocycles.